The highest BCUT2D eigenvalue weighted by Crippen LogP contribution is 2.22. The van der Waals surface area contributed by atoms with Crippen molar-refractivity contribution < 1.29 is 9.90 Å². The van der Waals surface area contributed by atoms with E-state index in [1.807, 2.05) is 12.1 Å². The second-order valence-electron chi connectivity index (χ2n) is 3.51. The highest BCUT2D eigenvalue weighted by Gasteiger charge is 2.11. The Kier molecular flexibility index (Phi) is 5.00. The van der Waals surface area contributed by atoms with E-state index < -0.39 is 0 Å². The summed E-state index contributed by atoms with van der Waals surface area (Å²) < 4.78 is 0. The Bertz CT molecular complexity index is 636. The number of hydrogen-bond donors (Lipinski definition) is 2. The van der Waals surface area contributed by atoms with Crippen LogP contribution in [0.1, 0.15) is 19.4 Å². The number of carbonyl (C=O) groups excluding carboxylic acids is 1. The zero-order valence-electron chi connectivity index (χ0n) is 9.77. The molecular formula is C13H10ClNO2S2. The van der Waals surface area contributed by atoms with Gasteiger partial charge in [-0.3, -0.25) is 4.79 Å². The average Bonchev–Trinajstić information content (AvgIpc) is 3.02. The van der Waals surface area contributed by atoms with Crippen molar-refractivity contribution in [2.45, 2.75) is 6.54 Å². The Morgan fingerprint density at radius 1 is 1.42 bits per heavy atom. The Morgan fingerprint density at radius 3 is 2.95 bits per heavy atom. The van der Waals surface area contributed by atoms with Crippen LogP contribution in [0.5, 0.6) is 0 Å². The van der Waals surface area contributed by atoms with Crippen molar-refractivity contribution in [1.82, 2.24) is 5.32 Å². The van der Waals surface area contributed by atoms with Crippen molar-refractivity contribution in [2.24, 2.45) is 0 Å². The molecule has 19 heavy (non-hydrogen) atoms. The van der Waals surface area contributed by atoms with Gasteiger partial charge in [-0.25, -0.2) is 0 Å². The second kappa shape index (κ2) is 6.73. The predicted molar refractivity (Wildman–Crippen MR) is 78.8 cm³/mol. The molecule has 2 rings (SSSR count). The molecule has 2 N–H and O–H groups in total. The van der Waals surface area contributed by atoms with Gasteiger partial charge in [0.25, 0.3) is 5.91 Å². The highest BCUT2D eigenvalue weighted by molar-refractivity contribution is 7.13. The number of aliphatic hydroxyl groups excluding tert-OH is 1. The minimum absolute atomic E-state index is 0.152. The molecule has 3 nitrogen and oxygen atoms in total. The van der Waals surface area contributed by atoms with Crippen molar-refractivity contribution in [3.05, 3.63) is 43.2 Å². The van der Waals surface area contributed by atoms with Gasteiger partial charge in [-0.15, -0.1) is 22.7 Å². The Labute approximate surface area is 123 Å². The summed E-state index contributed by atoms with van der Waals surface area (Å²) in [5, 5.41) is 13.7. The zero-order valence-corrected chi connectivity index (χ0v) is 12.2. The molecule has 6 heteroatoms. The van der Waals surface area contributed by atoms with Crippen molar-refractivity contribution in [3.8, 4) is 11.8 Å². The molecule has 0 fully saturated rings. The first-order valence-corrected chi connectivity index (χ1v) is 7.47. The normalized spacial score (nSPS) is 9.79. The molecule has 0 saturated heterocycles. The quantitative estimate of drug-likeness (QED) is 0.856. The average molecular weight is 312 g/mol. The molecule has 0 saturated carbocycles. The van der Waals surface area contributed by atoms with Crippen LogP contribution in [0.25, 0.3) is 0 Å². The lowest BCUT2D eigenvalue weighted by Crippen LogP contribution is -2.21. The van der Waals surface area contributed by atoms with E-state index in [1.165, 1.54) is 22.7 Å². The van der Waals surface area contributed by atoms with Crippen molar-refractivity contribution in [2.75, 3.05) is 6.61 Å². The number of hydrogen-bond acceptors (Lipinski definition) is 4. The molecule has 98 valence electrons. The molecule has 0 atom stereocenters. The lowest BCUT2D eigenvalue weighted by molar-refractivity contribution is 0.0955. The molecule has 0 aromatic carbocycles. The molecular weight excluding hydrogens is 302 g/mol. The van der Waals surface area contributed by atoms with E-state index in [2.05, 4.69) is 17.2 Å². The SMILES string of the molecule is O=C(NCc1ccc(C#CCO)s1)c1sccc1Cl. The molecule has 2 aromatic rings. The van der Waals surface area contributed by atoms with Crippen LogP contribution < -0.4 is 5.32 Å². The molecule has 0 radical (unpaired) electrons. The largest absolute Gasteiger partial charge is 0.384 e. The van der Waals surface area contributed by atoms with Gasteiger partial charge in [0.05, 0.1) is 16.4 Å². The Morgan fingerprint density at radius 2 is 2.26 bits per heavy atom. The fourth-order valence-electron chi connectivity index (χ4n) is 1.37. The van der Waals surface area contributed by atoms with Gasteiger partial charge in [0.2, 0.25) is 0 Å². The van der Waals surface area contributed by atoms with E-state index in [0.717, 1.165) is 9.75 Å². The summed E-state index contributed by atoms with van der Waals surface area (Å²) in [6.45, 7) is 0.291. The topological polar surface area (TPSA) is 49.3 Å². The fraction of sp³-hybridized carbons (Fsp3) is 0.154. The van der Waals surface area contributed by atoms with Gasteiger partial charge in [0, 0.05) is 4.88 Å². The van der Waals surface area contributed by atoms with Gasteiger partial charge in [-0.05, 0) is 23.6 Å². The summed E-state index contributed by atoms with van der Waals surface area (Å²) in [7, 11) is 0. The van der Waals surface area contributed by atoms with Crippen molar-refractivity contribution >= 4 is 40.2 Å². The predicted octanol–water partition coefficient (Wildman–Crippen LogP) is 2.74. The number of carbonyl (C=O) groups is 1. The first kappa shape index (κ1) is 14.1. The number of aliphatic hydroxyl groups is 1. The molecule has 0 unspecified atom stereocenters. The third kappa shape index (κ3) is 3.82. The Balaban J connectivity index is 1.94. The minimum Gasteiger partial charge on any atom is -0.384 e. The first-order valence-electron chi connectivity index (χ1n) is 5.40. The summed E-state index contributed by atoms with van der Waals surface area (Å²) in [5.41, 5.74) is 0. The zero-order chi connectivity index (χ0) is 13.7. The summed E-state index contributed by atoms with van der Waals surface area (Å²) in [4.78, 5) is 14.2. The summed E-state index contributed by atoms with van der Waals surface area (Å²) >= 11 is 8.69. The first-order chi connectivity index (χ1) is 9.20. The van der Waals surface area contributed by atoms with E-state index in [-0.39, 0.29) is 12.5 Å². The third-order valence-electron chi connectivity index (χ3n) is 2.20. The van der Waals surface area contributed by atoms with Crippen molar-refractivity contribution in [1.29, 1.82) is 0 Å². The van der Waals surface area contributed by atoms with Crippen LogP contribution in [0.4, 0.5) is 0 Å². The molecule has 0 aliphatic carbocycles. The lowest BCUT2D eigenvalue weighted by Gasteiger charge is -2.01. The van der Waals surface area contributed by atoms with Gasteiger partial charge in [0.15, 0.2) is 0 Å². The maximum absolute atomic E-state index is 11.8. The number of rotatable bonds is 3. The monoisotopic (exact) mass is 311 g/mol. The summed E-state index contributed by atoms with van der Waals surface area (Å²) in [5.74, 6) is 5.24. The van der Waals surface area contributed by atoms with Gasteiger partial charge in [0.1, 0.15) is 11.5 Å². The van der Waals surface area contributed by atoms with Gasteiger partial charge >= 0.3 is 0 Å². The van der Waals surface area contributed by atoms with Crippen LogP contribution in [0.2, 0.25) is 5.02 Å². The number of amides is 1. The maximum Gasteiger partial charge on any atom is 0.263 e. The fourth-order valence-corrected chi connectivity index (χ4v) is 3.25. The molecule has 1 amide bonds. The molecule has 2 heterocycles. The molecule has 2 aromatic heterocycles. The standard InChI is InChI=1S/C13H10ClNO2S2/c14-11-5-7-18-12(11)13(17)15-8-10-4-3-9(19-10)2-1-6-16/h3-5,7,16H,6,8H2,(H,15,17). The molecule has 0 bridgehead atoms. The van der Waals surface area contributed by atoms with Crippen LogP contribution >= 0.6 is 34.3 Å². The number of thiophene rings is 2. The third-order valence-corrected chi connectivity index (χ3v) is 4.54. The molecule has 0 aliphatic rings. The number of nitrogens with one attached hydrogen (secondary N) is 1. The van der Waals surface area contributed by atoms with Gasteiger partial charge in [-0.2, -0.15) is 0 Å². The van der Waals surface area contributed by atoms with E-state index in [0.29, 0.717) is 16.4 Å². The van der Waals surface area contributed by atoms with Gasteiger partial charge < -0.3 is 10.4 Å². The second-order valence-corrected chi connectivity index (χ2v) is 6.00. The van der Waals surface area contributed by atoms with Crippen LogP contribution in [0.15, 0.2) is 23.6 Å². The summed E-state index contributed by atoms with van der Waals surface area (Å²) in [6, 6.07) is 5.48. The minimum atomic E-state index is -0.170. The van der Waals surface area contributed by atoms with Crippen LogP contribution in [-0.4, -0.2) is 17.6 Å². The van der Waals surface area contributed by atoms with Crippen LogP contribution in [-0.2, 0) is 6.54 Å². The van der Waals surface area contributed by atoms with E-state index in [1.54, 1.807) is 11.4 Å². The van der Waals surface area contributed by atoms with E-state index >= 15 is 0 Å². The summed E-state index contributed by atoms with van der Waals surface area (Å²) in [6.07, 6.45) is 0. The lowest BCUT2D eigenvalue weighted by atomic mass is 10.4. The van der Waals surface area contributed by atoms with Gasteiger partial charge in [-0.1, -0.05) is 23.4 Å². The number of halogens is 1. The van der Waals surface area contributed by atoms with Crippen LogP contribution in [0, 0.1) is 11.8 Å². The smallest absolute Gasteiger partial charge is 0.263 e. The van der Waals surface area contributed by atoms with E-state index in [9.17, 15) is 4.79 Å². The maximum atomic E-state index is 11.8. The van der Waals surface area contributed by atoms with E-state index in [4.69, 9.17) is 16.7 Å². The Hall–Kier alpha value is -1.32. The molecule has 0 aliphatic heterocycles. The van der Waals surface area contributed by atoms with Crippen molar-refractivity contribution in [3.63, 3.8) is 0 Å². The van der Waals surface area contributed by atoms with Crippen LogP contribution in [0.3, 0.4) is 0 Å². The molecule has 0 spiro atoms. The highest BCUT2D eigenvalue weighted by atomic mass is 35.5.